The highest BCUT2D eigenvalue weighted by molar-refractivity contribution is 4.78. The lowest BCUT2D eigenvalue weighted by Gasteiger charge is -2.34. The SMILES string of the molecule is CCCCCCC(O)CN(CCCCC(CO)N(CC(O)CCCCCC)CC(O)CCCCCC)CC(O)CCCCCC. The molecule has 45 heavy (non-hydrogen) atoms. The Labute approximate surface area is 280 Å². The minimum Gasteiger partial charge on any atom is -0.395 e. The van der Waals surface area contributed by atoms with E-state index in [9.17, 15) is 25.5 Å². The van der Waals surface area contributed by atoms with Crippen LogP contribution in [0.1, 0.15) is 175 Å². The van der Waals surface area contributed by atoms with Crippen molar-refractivity contribution < 1.29 is 25.5 Å². The molecule has 0 saturated heterocycles. The van der Waals surface area contributed by atoms with Gasteiger partial charge in [-0.1, -0.05) is 137 Å². The molecule has 0 spiro atoms. The number of unbranched alkanes of at least 4 members (excludes halogenated alkanes) is 13. The van der Waals surface area contributed by atoms with Crippen LogP contribution in [-0.2, 0) is 0 Å². The molecule has 7 heteroatoms. The zero-order valence-corrected chi connectivity index (χ0v) is 30.5. The highest BCUT2D eigenvalue weighted by Crippen LogP contribution is 2.17. The smallest absolute Gasteiger partial charge is 0.0667 e. The van der Waals surface area contributed by atoms with E-state index >= 15 is 0 Å². The molecule has 5 unspecified atom stereocenters. The predicted octanol–water partition coefficient (Wildman–Crippen LogP) is 7.45. The summed E-state index contributed by atoms with van der Waals surface area (Å²) in [6, 6.07) is -0.0951. The van der Waals surface area contributed by atoms with Crippen LogP contribution in [0.3, 0.4) is 0 Å². The maximum absolute atomic E-state index is 10.9. The van der Waals surface area contributed by atoms with Gasteiger partial charge in [-0.2, -0.15) is 0 Å². The lowest BCUT2D eigenvalue weighted by atomic mass is 10.0. The summed E-state index contributed by atoms with van der Waals surface area (Å²) in [6.07, 6.45) is 22.4. The minimum absolute atomic E-state index is 0.0156. The molecule has 0 amide bonds. The molecule has 0 heterocycles. The quantitative estimate of drug-likeness (QED) is 0.0456. The van der Waals surface area contributed by atoms with Crippen LogP contribution in [0.25, 0.3) is 0 Å². The summed E-state index contributed by atoms with van der Waals surface area (Å²) >= 11 is 0. The van der Waals surface area contributed by atoms with Crippen LogP contribution >= 0.6 is 0 Å². The molecule has 0 aromatic rings. The van der Waals surface area contributed by atoms with Gasteiger partial charge in [-0.3, -0.25) is 9.80 Å². The largest absolute Gasteiger partial charge is 0.395 e. The van der Waals surface area contributed by atoms with Gasteiger partial charge in [0.2, 0.25) is 0 Å². The normalized spacial score (nSPS) is 15.5. The lowest BCUT2D eigenvalue weighted by Crippen LogP contribution is -2.46. The first-order chi connectivity index (χ1) is 21.8. The van der Waals surface area contributed by atoms with E-state index < -0.39 is 12.2 Å². The number of aliphatic hydroxyl groups is 5. The lowest BCUT2D eigenvalue weighted by molar-refractivity contribution is 0.0179. The van der Waals surface area contributed by atoms with E-state index in [1.807, 2.05) is 0 Å². The zero-order chi connectivity index (χ0) is 33.5. The van der Waals surface area contributed by atoms with Gasteiger partial charge < -0.3 is 25.5 Å². The molecule has 0 aromatic heterocycles. The summed E-state index contributed by atoms with van der Waals surface area (Å²) in [6.45, 7) is 11.8. The van der Waals surface area contributed by atoms with Crippen LogP contribution in [0.2, 0.25) is 0 Å². The number of aliphatic hydroxyl groups excluding tert-OH is 5. The Kier molecular flexibility index (Phi) is 32.1. The highest BCUT2D eigenvalue weighted by atomic mass is 16.3. The summed E-state index contributed by atoms with van der Waals surface area (Å²) in [4.78, 5) is 4.40. The van der Waals surface area contributed by atoms with Crippen molar-refractivity contribution in [2.75, 3.05) is 39.3 Å². The van der Waals surface area contributed by atoms with E-state index in [4.69, 9.17) is 0 Å². The van der Waals surface area contributed by atoms with E-state index in [2.05, 4.69) is 37.5 Å². The van der Waals surface area contributed by atoms with Crippen molar-refractivity contribution in [2.45, 2.75) is 206 Å². The summed E-state index contributed by atoms with van der Waals surface area (Å²) < 4.78 is 0. The van der Waals surface area contributed by atoms with Gasteiger partial charge in [0.15, 0.2) is 0 Å². The second kappa shape index (κ2) is 32.3. The molecule has 0 aliphatic carbocycles. The second-order valence-corrected chi connectivity index (χ2v) is 14.1. The minimum atomic E-state index is -0.448. The van der Waals surface area contributed by atoms with Gasteiger partial charge in [-0.05, 0) is 45.1 Å². The number of hydrogen-bond donors (Lipinski definition) is 5. The van der Waals surface area contributed by atoms with Gasteiger partial charge in [-0.15, -0.1) is 0 Å². The fourth-order valence-electron chi connectivity index (χ4n) is 6.46. The van der Waals surface area contributed by atoms with E-state index in [0.717, 1.165) is 103 Å². The van der Waals surface area contributed by atoms with Crippen LogP contribution in [-0.4, -0.2) is 105 Å². The molecule has 0 fully saturated rings. The molecule has 0 saturated carbocycles. The third-order valence-corrected chi connectivity index (χ3v) is 9.38. The first-order valence-electron chi connectivity index (χ1n) is 19.6. The van der Waals surface area contributed by atoms with Crippen LogP contribution in [0.5, 0.6) is 0 Å². The average molecular weight is 645 g/mol. The molecular weight excluding hydrogens is 564 g/mol. The average Bonchev–Trinajstić information content (AvgIpc) is 3.01. The third-order valence-electron chi connectivity index (χ3n) is 9.38. The standard InChI is InChI=1S/C38H80N2O5/c1-5-9-13-17-24-35(42)29-39(30-36(43)25-18-14-10-6-2)28-22-21-23-34(33-41)40(31-37(44)26-19-15-11-7-3)32-38(45)27-20-16-12-8-4/h34-38,41-45H,5-33H2,1-4H3. The third kappa shape index (κ3) is 27.4. The Morgan fingerprint density at radius 2 is 0.733 bits per heavy atom. The molecular formula is C38H80N2O5. The predicted molar refractivity (Wildman–Crippen MR) is 192 cm³/mol. The first-order valence-corrected chi connectivity index (χ1v) is 19.6. The monoisotopic (exact) mass is 645 g/mol. The van der Waals surface area contributed by atoms with Crippen molar-refractivity contribution in [3.8, 4) is 0 Å². The molecule has 0 rings (SSSR count). The maximum atomic E-state index is 10.9. The van der Waals surface area contributed by atoms with E-state index in [1.54, 1.807) is 0 Å². The summed E-state index contributed by atoms with van der Waals surface area (Å²) in [5, 5.41) is 53.7. The van der Waals surface area contributed by atoms with Crippen LogP contribution < -0.4 is 0 Å². The number of rotatable bonds is 35. The van der Waals surface area contributed by atoms with Crippen molar-refractivity contribution in [1.29, 1.82) is 0 Å². The van der Waals surface area contributed by atoms with Crippen molar-refractivity contribution in [3.63, 3.8) is 0 Å². The van der Waals surface area contributed by atoms with E-state index in [-0.39, 0.29) is 24.9 Å². The van der Waals surface area contributed by atoms with Crippen molar-refractivity contribution in [1.82, 2.24) is 9.80 Å². The Hall–Kier alpha value is -0.280. The Morgan fingerprint density at radius 1 is 0.400 bits per heavy atom. The fourth-order valence-corrected chi connectivity index (χ4v) is 6.46. The first kappa shape index (κ1) is 44.7. The Morgan fingerprint density at radius 3 is 1.07 bits per heavy atom. The summed E-state index contributed by atoms with van der Waals surface area (Å²) in [5.74, 6) is 0. The molecule has 272 valence electrons. The van der Waals surface area contributed by atoms with Gasteiger partial charge in [0, 0.05) is 32.2 Å². The molecule has 0 aromatic carbocycles. The van der Waals surface area contributed by atoms with Gasteiger partial charge >= 0.3 is 0 Å². The Balaban J connectivity index is 5.12. The van der Waals surface area contributed by atoms with Crippen LogP contribution in [0.4, 0.5) is 0 Å². The van der Waals surface area contributed by atoms with Gasteiger partial charge in [0.05, 0.1) is 31.0 Å². The van der Waals surface area contributed by atoms with E-state index in [0.29, 0.717) is 26.2 Å². The van der Waals surface area contributed by atoms with Crippen LogP contribution in [0.15, 0.2) is 0 Å². The van der Waals surface area contributed by atoms with E-state index in [1.165, 1.54) is 51.4 Å². The zero-order valence-electron chi connectivity index (χ0n) is 30.5. The number of hydrogen-bond acceptors (Lipinski definition) is 7. The van der Waals surface area contributed by atoms with Crippen molar-refractivity contribution in [3.05, 3.63) is 0 Å². The van der Waals surface area contributed by atoms with Gasteiger partial charge in [-0.25, -0.2) is 0 Å². The van der Waals surface area contributed by atoms with Gasteiger partial charge in [0.1, 0.15) is 0 Å². The molecule has 0 radical (unpaired) electrons. The molecule has 5 atom stereocenters. The van der Waals surface area contributed by atoms with Gasteiger partial charge in [0.25, 0.3) is 0 Å². The molecule has 5 N–H and O–H groups in total. The molecule has 0 aliphatic rings. The fraction of sp³-hybridized carbons (Fsp3) is 1.00. The number of nitrogens with zero attached hydrogens (tertiary/aromatic N) is 2. The highest BCUT2D eigenvalue weighted by Gasteiger charge is 2.23. The summed E-state index contributed by atoms with van der Waals surface area (Å²) in [7, 11) is 0. The van der Waals surface area contributed by atoms with Crippen molar-refractivity contribution in [2.24, 2.45) is 0 Å². The Bertz CT molecular complexity index is 558. The molecule has 7 nitrogen and oxygen atoms in total. The van der Waals surface area contributed by atoms with Crippen LogP contribution in [0, 0.1) is 0 Å². The van der Waals surface area contributed by atoms with Crippen molar-refractivity contribution >= 4 is 0 Å². The second-order valence-electron chi connectivity index (χ2n) is 14.1. The molecule has 0 bridgehead atoms. The summed E-state index contributed by atoms with van der Waals surface area (Å²) in [5.41, 5.74) is 0. The molecule has 0 aliphatic heterocycles. The maximum Gasteiger partial charge on any atom is 0.0667 e. The topological polar surface area (TPSA) is 108 Å².